The van der Waals surface area contributed by atoms with Crippen LogP contribution in [0.3, 0.4) is 0 Å². The van der Waals surface area contributed by atoms with Crippen LogP contribution in [0.15, 0.2) is 0 Å². The number of hydrogen-bond acceptors (Lipinski definition) is 2. The second-order valence-electron chi connectivity index (χ2n) is 5.79. The van der Waals surface area contributed by atoms with E-state index in [0.717, 1.165) is 25.2 Å². The Kier molecular flexibility index (Phi) is 5.34. The molecule has 2 saturated carbocycles. The topological polar surface area (TPSA) is 26.3 Å². The fraction of sp³-hybridized carbons (Fsp3) is 0.933. The van der Waals surface area contributed by atoms with Crippen LogP contribution in [0.1, 0.15) is 77.0 Å². The van der Waals surface area contributed by atoms with Crippen molar-refractivity contribution < 1.29 is 9.53 Å². The zero-order valence-corrected chi connectivity index (χ0v) is 11.0. The summed E-state index contributed by atoms with van der Waals surface area (Å²) in [6, 6.07) is 0. The summed E-state index contributed by atoms with van der Waals surface area (Å²) in [7, 11) is 0. The van der Waals surface area contributed by atoms with E-state index >= 15 is 0 Å². The molecule has 2 rings (SSSR count). The SMILES string of the molecule is O=C(CCCC1CCCCC1)OC1CCCC1. The lowest BCUT2D eigenvalue weighted by molar-refractivity contribution is -0.148. The predicted octanol–water partition coefficient (Wildman–Crippen LogP) is 4.22. The van der Waals surface area contributed by atoms with E-state index in [-0.39, 0.29) is 12.1 Å². The van der Waals surface area contributed by atoms with Gasteiger partial charge in [-0.15, -0.1) is 0 Å². The van der Waals surface area contributed by atoms with Gasteiger partial charge >= 0.3 is 5.97 Å². The molecular weight excluding hydrogens is 212 g/mol. The van der Waals surface area contributed by atoms with Gasteiger partial charge in [-0.25, -0.2) is 0 Å². The zero-order valence-electron chi connectivity index (χ0n) is 11.0. The Bertz CT molecular complexity index is 225. The van der Waals surface area contributed by atoms with Crippen LogP contribution in [0.2, 0.25) is 0 Å². The Morgan fingerprint density at radius 1 is 0.941 bits per heavy atom. The number of carbonyl (C=O) groups is 1. The minimum Gasteiger partial charge on any atom is -0.462 e. The maximum absolute atomic E-state index is 11.6. The van der Waals surface area contributed by atoms with E-state index in [9.17, 15) is 4.79 Å². The molecule has 2 aliphatic rings. The Hall–Kier alpha value is -0.530. The normalized spacial score (nSPS) is 22.8. The zero-order chi connectivity index (χ0) is 11.9. The number of esters is 1. The first-order valence-corrected chi connectivity index (χ1v) is 7.54. The standard InChI is InChI=1S/C15H26O2/c16-15(17-14-10-4-5-11-14)12-6-9-13-7-2-1-3-8-13/h13-14H,1-12H2. The lowest BCUT2D eigenvalue weighted by Crippen LogP contribution is -2.15. The van der Waals surface area contributed by atoms with Gasteiger partial charge in [0.25, 0.3) is 0 Å². The highest BCUT2D eigenvalue weighted by Gasteiger charge is 2.19. The quantitative estimate of drug-likeness (QED) is 0.670. The summed E-state index contributed by atoms with van der Waals surface area (Å²) in [6.07, 6.45) is 14.8. The Labute approximate surface area is 105 Å². The molecule has 0 N–H and O–H groups in total. The molecule has 0 aromatic carbocycles. The van der Waals surface area contributed by atoms with Gasteiger partial charge in [0.15, 0.2) is 0 Å². The minimum absolute atomic E-state index is 0.0488. The molecule has 98 valence electrons. The average molecular weight is 238 g/mol. The second kappa shape index (κ2) is 7.03. The molecule has 0 spiro atoms. The molecule has 2 heteroatoms. The lowest BCUT2D eigenvalue weighted by Gasteiger charge is -2.21. The van der Waals surface area contributed by atoms with Gasteiger partial charge in [0.1, 0.15) is 6.10 Å². The molecule has 2 fully saturated rings. The summed E-state index contributed by atoms with van der Waals surface area (Å²) in [5, 5.41) is 0. The Morgan fingerprint density at radius 3 is 2.29 bits per heavy atom. The fourth-order valence-electron chi connectivity index (χ4n) is 3.26. The Morgan fingerprint density at radius 2 is 1.59 bits per heavy atom. The maximum Gasteiger partial charge on any atom is 0.306 e. The van der Waals surface area contributed by atoms with E-state index in [1.54, 1.807) is 0 Å². The summed E-state index contributed by atoms with van der Waals surface area (Å²) in [6.45, 7) is 0. The summed E-state index contributed by atoms with van der Waals surface area (Å²) in [5.74, 6) is 0.940. The number of rotatable bonds is 5. The third-order valence-electron chi connectivity index (χ3n) is 4.32. The molecule has 0 aromatic rings. The molecule has 0 aromatic heterocycles. The molecule has 0 bridgehead atoms. The molecule has 0 radical (unpaired) electrons. The molecule has 0 aliphatic heterocycles. The van der Waals surface area contributed by atoms with Gasteiger partial charge in [0, 0.05) is 6.42 Å². The van der Waals surface area contributed by atoms with Gasteiger partial charge in [-0.2, -0.15) is 0 Å². The van der Waals surface area contributed by atoms with Crippen LogP contribution in [0.5, 0.6) is 0 Å². The molecule has 0 unspecified atom stereocenters. The third-order valence-corrected chi connectivity index (χ3v) is 4.32. The lowest BCUT2D eigenvalue weighted by atomic mass is 9.86. The van der Waals surface area contributed by atoms with Crippen LogP contribution in [-0.2, 0) is 9.53 Å². The third kappa shape index (κ3) is 4.69. The minimum atomic E-state index is 0.0488. The predicted molar refractivity (Wildman–Crippen MR) is 68.8 cm³/mol. The van der Waals surface area contributed by atoms with Crippen LogP contribution in [0, 0.1) is 5.92 Å². The molecule has 2 nitrogen and oxygen atoms in total. The van der Waals surface area contributed by atoms with E-state index in [1.165, 1.54) is 51.4 Å². The van der Waals surface area contributed by atoms with Gasteiger partial charge in [-0.3, -0.25) is 4.79 Å². The number of carbonyl (C=O) groups excluding carboxylic acids is 1. The molecular formula is C15H26O2. The molecule has 0 saturated heterocycles. The number of ether oxygens (including phenoxy) is 1. The largest absolute Gasteiger partial charge is 0.462 e. The number of hydrogen-bond donors (Lipinski definition) is 0. The summed E-state index contributed by atoms with van der Waals surface area (Å²) in [5.41, 5.74) is 0. The van der Waals surface area contributed by atoms with Crippen LogP contribution >= 0.6 is 0 Å². The fourth-order valence-corrected chi connectivity index (χ4v) is 3.26. The van der Waals surface area contributed by atoms with Gasteiger partial charge in [-0.05, 0) is 44.4 Å². The van der Waals surface area contributed by atoms with Crippen LogP contribution in [-0.4, -0.2) is 12.1 Å². The van der Waals surface area contributed by atoms with Gasteiger partial charge in [0.2, 0.25) is 0 Å². The highest BCUT2D eigenvalue weighted by molar-refractivity contribution is 5.69. The first-order valence-electron chi connectivity index (χ1n) is 7.54. The van der Waals surface area contributed by atoms with Crippen molar-refractivity contribution in [3.63, 3.8) is 0 Å². The Balaban J connectivity index is 1.53. The smallest absolute Gasteiger partial charge is 0.306 e. The summed E-state index contributed by atoms with van der Waals surface area (Å²) in [4.78, 5) is 11.6. The first kappa shape index (κ1) is 12.9. The van der Waals surface area contributed by atoms with Gasteiger partial charge < -0.3 is 4.74 Å². The molecule has 0 heterocycles. The van der Waals surface area contributed by atoms with Gasteiger partial charge in [-0.1, -0.05) is 32.1 Å². The highest BCUT2D eigenvalue weighted by atomic mass is 16.5. The van der Waals surface area contributed by atoms with Crippen molar-refractivity contribution >= 4 is 5.97 Å². The maximum atomic E-state index is 11.6. The van der Waals surface area contributed by atoms with Crippen molar-refractivity contribution in [2.45, 2.75) is 83.2 Å². The summed E-state index contributed by atoms with van der Waals surface area (Å²) >= 11 is 0. The van der Waals surface area contributed by atoms with Crippen molar-refractivity contribution in [1.29, 1.82) is 0 Å². The van der Waals surface area contributed by atoms with Crippen molar-refractivity contribution in [3.05, 3.63) is 0 Å². The second-order valence-corrected chi connectivity index (χ2v) is 5.79. The monoisotopic (exact) mass is 238 g/mol. The van der Waals surface area contributed by atoms with Crippen LogP contribution in [0.25, 0.3) is 0 Å². The van der Waals surface area contributed by atoms with Crippen LogP contribution < -0.4 is 0 Å². The van der Waals surface area contributed by atoms with Gasteiger partial charge in [0.05, 0.1) is 0 Å². The van der Waals surface area contributed by atoms with E-state index in [4.69, 9.17) is 4.74 Å². The first-order chi connectivity index (χ1) is 8.34. The van der Waals surface area contributed by atoms with Crippen LogP contribution in [0.4, 0.5) is 0 Å². The average Bonchev–Trinajstić information content (AvgIpc) is 2.83. The highest BCUT2D eigenvalue weighted by Crippen LogP contribution is 2.28. The molecule has 2 aliphatic carbocycles. The van der Waals surface area contributed by atoms with E-state index < -0.39 is 0 Å². The van der Waals surface area contributed by atoms with Crippen molar-refractivity contribution in [3.8, 4) is 0 Å². The van der Waals surface area contributed by atoms with Crippen molar-refractivity contribution in [2.24, 2.45) is 5.92 Å². The van der Waals surface area contributed by atoms with E-state index in [1.807, 2.05) is 0 Å². The molecule has 0 amide bonds. The van der Waals surface area contributed by atoms with Crippen molar-refractivity contribution in [2.75, 3.05) is 0 Å². The summed E-state index contributed by atoms with van der Waals surface area (Å²) < 4.78 is 5.46. The van der Waals surface area contributed by atoms with E-state index in [0.29, 0.717) is 6.42 Å². The van der Waals surface area contributed by atoms with E-state index in [2.05, 4.69) is 0 Å². The van der Waals surface area contributed by atoms with Crippen molar-refractivity contribution in [1.82, 2.24) is 0 Å². The molecule has 0 atom stereocenters. The molecule has 17 heavy (non-hydrogen) atoms.